The number of pyridine rings is 1. The van der Waals surface area contributed by atoms with Gasteiger partial charge in [-0.15, -0.1) is 0 Å². The molecule has 0 aromatic carbocycles. The number of halogens is 1. The van der Waals surface area contributed by atoms with E-state index in [2.05, 4.69) is 41.6 Å². The Hall–Kier alpha value is -2.06. The molecule has 18 heavy (non-hydrogen) atoms. The Morgan fingerprint density at radius 2 is 2.11 bits per heavy atom. The summed E-state index contributed by atoms with van der Waals surface area (Å²) in [5.74, 6) is 5.28. The van der Waals surface area contributed by atoms with Gasteiger partial charge >= 0.3 is 0 Å². The summed E-state index contributed by atoms with van der Waals surface area (Å²) >= 11 is 3.16. The van der Waals surface area contributed by atoms with E-state index in [9.17, 15) is 4.79 Å². The topological polar surface area (TPSA) is 106 Å². The number of rotatable bonds is 3. The molecule has 0 aliphatic rings. The fraction of sp³-hybridized carbons (Fsp3) is 0. The monoisotopic (exact) mass is 308 g/mol. The van der Waals surface area contributed by atoms with Crippen molar-refractivity contribution in [1.29, 1.82) is 0 Å². The van der Waals surface area contributed by atoms with E-state index < -0.39 is 0 Å². The summed E-state index contributed by atoms with van der Waals surface area (Å²) in [6.07, 6.45) is 5.87. The second-order valence-electron chi connectivity index (χ2n) is 3.24. The quantitative estimate of drug-likeness (QED) is 0.580. The van der Waals surface area contributed by atoms with Gasteiger partial charge in [0.05, 0.1) is 23.6 Å². The van der Waals surface area contributed by atoms with Gasteiger partial charge in [-0.05, 0) is 22.0 Å². The van der Waals surface area contributed by atoms with Crippen molar-refractivity contribution >= 4 is 33.3 Å². The Balaban J connectivity index is 2.19. The number of nitrogens with two attached hydrogens (primary N) is 1. The third-order valence-corrected chi connectivity index (χ3v) is 2.49. The Kier molecular flexibility index (Phi) is 3.80. The van der Waals surface area contributed by atoms with Crippen molar-refractivity contribution < 1.29 is 4.79 Å². The van der Waals surface area contributed by atoms with Crippen LogP contribution >= 0.6 is 15.9 Å². The van der Waals surface area contributed by atoms with Crippen LogP contribution in [0.3, 0.4) is 0 Å². The number of anilines is 2. The molecule has 1 amide bonds. The fourth-order valence-electron chi connectivity index (χ4n) is 1.26. The van der Waals surface area contributed by atoms with Gasteiger partial charge in [0.25, 0.3) is 5.91 Å². The highest BCUT2D eigenvalue weighted by molar-refractivity contribution is 9.10. The van der Waals surface area contributed by atoms with Crippen LogP contribution in [0.2, 0.25) is 0 Å². The SMILES string of the molecule is NNc1ccncc1C(=O)Nc1cnc(Br)cn1. The van der Waals surface area contributed by atoms with E-state index in [1.165, 1.54) is 24.8 Å². The predicted molar refractivity (Wildman–Crippen MR) is 69.7 cm³/mol. The molecule has 0 spiro atoms. The average molecular weight is 309 g/mol. The third kappa shape index (κ3) is 2.79. The molecule has 2 aromatic heterocycles. The summed E-state index contributed by atoms with van der Waals surface area (Å²) in [5, 5.41) is 2.59. The molecule has 4 N–H and O–H groups in total. The number of hydrogen-bond acceptors (Lipinski definition) is 6. The highest BCUT2D eigenvalue weighted by Crippen LogP contribution is 2.14. The third-order valence-electron chi connectivity index (χ3n) is 2.08. The first-order valence-electron chi connectivity index (χ1n) is 4.90. The zero-order valence-electron chi connectivity index (χ0n) is 9.09. The molecule has 2 heterocycles. The number of nitrogen functional groups attached to an aromatic ring is 1. The molecule has 0 fully saturated rings. The van der Waals surface area contributed by atoms with Crippen molar-refractivity contribution in [1.82, 2.24) is 15.0 Å². The number of carbonyl (C=O) groups excluding carboxylic acids is 1. The van der Waals surface area contributed by atoms with Gasteiger partial charge in [0.15, 0.2) is 5.82 Å². The normalized spacial score (nSPS) is 9.89. The molecule has 0 aliphatic carbocycles. The second-order valence-corrected chi connectivity index (χ2v) is 4.06. The summed E-state index contributed by atoms with van der Waals surface area (Å²) in [5.41, 5.74) is 3.23. The Bertz CT molecular complexity index is 559. The zero-order valence-corrected chi connectivity index (χ0v) is 10.7. The van der Waals surface area contributed by atoms with E-state index in [-0.39, 0.29) is 5.91 Å². The highest BCUT2D eigenvalue weighted by atomic mass is 79.9. The van der Waals surface area contributed by atoms with Gasteiger partial charge in [-0.2, -0.15) is 0 Å². The first kappa shape index (κ1) is 12.4. The van der Waals surface area contributed by atoms with Crippen LogP contribution in [-0.4, -0.2) is 20.9 Å². The fourth-order valence-corrected chi connectivity index (χ4v) is 1.47. The van der Waals surface area contributed by atoms with Gasteiger partial charge in [-0.25, -0.2) is 9.97 Å². The van der Waals surface area contributed by atoms with E-state index in [0.717, 1.165) is 0 Å². The minimum Gasteiger partial charge on any atom is -0.323 e. The van der Waals surface area contributed by atoms with E-state index in [0.29, 0.717) is 21.7 Å². The van der Waals surface area contributed by atoms with Crippen molar-refractivity contribution in [3.63, 3.8) is 0 Å². The summed E-state index contributed by atoms with van der Waals surface area (Å²) in [7, 11) is 0. The number of carbonyl (C=O) groups is 1. The molecule has 0 atom stereocenters. The van der Waals surface area contributed by atoms with E-state index in [4.69, 9.17) is 5.84 Å². The standard InChI is InChI=1S/C10H9BrN6O/c11-8-4-15-9(5-14-8)16-10(18)6-3-13-2-1-7(6)17-12/h1-5H,12H2,(H,13,17)(H,15,16,18). The van der Waals surface area contributed by atoms with Crippen LogP contribution in [0.15, 0.2) is 35.5 Å². The van der Waals surface area contributed by atoms with Crippen LogP contribution in [0.4, 0.5) is 11.5 Å². The molecule has 0 aliphatic heterocycles. The number of amides is 1. The molecule has 2 aromatic rings. The van der Waals surface area contributed by atoms with Gasteiger partial charge in [-0.3, -0.25) is 15.6 Å². The summed E-state index contributed by atoms with van der Waals surface area (Å²) in [6, 6.07) is 1.60. The number of aromatic nitrogens is 3. The smallest absolute Gasteiger partial charge is 0.260 e. The zero-order chi connectivity index (χ0) is 13.0. The Morgan fingerprint density at radius 1 is 1.28 bits per heavy atom. The lowest BCUT2D eigenvalue weighted by Crippen LogP contribution is -2.18. The number of hydrogen-bond donors (Lipinski definition) is 3. The Morgan fingerprint density at radius 3 is 2.78 bits per heavy atom. The number of nitrogens with one attached hydrogen (secondary N) is 2. The van der Waals surface area contributed by atoms with Crippen molar-refractivity contribution in [2.75, 3.05) is 10.7 Å². The van der Waals surface area contributed by atoms with Crippen LogP contribution in [0.5, 0.6) is 0 Å². The molecular formula is C10H9BrN6O. The maximum Gasteiger partial charge on any atom is 0.260 e. The molecule has 7 nitrogen and oxygen atoms in total. The van der Waals surface area contributed by atoms with Gasteiger partial charge in [0.2, 0.25) is 0 Å². The maximum atomic E-state index is 12.0. The van der Waals surface area contributed by atoms with Gasteiger partial charge in [0, 0.05) is 12.4 Å². The first-order chi connectivity index (χ1) is 8.70. The lowest BCUT2D eigenvalue weighted by molar-refractivity contribution is 0.102. The molecule has 0 unspecified atom stereocenters. The van der Waals surface area contributed by atoms with Crippen molar-refractivity contribution in [3.8, 4) is 0 Å². The van der Waals surface area contributed by atoms with Crippen molar-refractivity contribution in [2.45, 2.75) is 0 Å². The van der Waals surface area contributed by atoms with E-state index >= 15 is 0 Å². The van der Waals surface area contributed by atoms with Crippen LogP contribution in [0.25, 0.3) is 0 Å². The summed E-state index contributed by atoms with van der Waals surface area (Å²) in [6.45, 7) is 0. The second kappa shape index (κ2) is 5.52. The van der Waals surface area contributed by atoms with Crippen LogP contribution in [0, 0.1) is 0 Å². The summed E-state index contributed by atoms with van der Waals surface area (Å²) in [4.78, 5) is 23.8. The molecule has 8 heteroatoms. The van der Waals surface area contributed by atoms with Gasteiger partial charge < -0.3 is 10.7 Å². The molecule has 2 rings (SSSR count). The largest absolute Gasteiger partial charge is 0.323 e. The minimum absolute atomic E-state index is 0.324. The van der Waals surface area contributed by atoms with Crippen LogP contribution in [0.1, 0.15) is 10.4 Å². The van der Waals surface area contributed by atoms with Crippen LogP contribution in [-0.2, 0) is 0 Å². The molecule has 0 saturated heterocycles. The minimum atomic E-state index is -0.368. The molecule has 0 saturated carbocycles. The molecule has 0 radical (unpaired) electrons. The van der Waals surface area contributed by atoms with E-state index in [1.807, 2.05) is 0 Å². The van der Waals surface area contributed by atoms with Crippen molar-refractivity contribution in [3.05, 3.63) is 41.0 Å². The lowest BCUT2D eigenvalue weighted by atomic mass is 10.2. The molecule has 0 bridgehead atoms. The van der Waals surface area contributed by atoms with Gasteiger partial charge in [0.1, 0.15) is 4.60 Å². The predicted octanol–water partition coefficient (Wildman–Crippen LogP) is 1.17. The maximum absolute atomic E-state index is 12.0. The average Bonchev–Trinajstić information content (AvgIpc) is 2.41. The molecular weight excluding hydrogens is 300 g/mol. The van der Waals surface area contributed by atoms with Crippen molar-refractivity contribution in [2.24, 2.45) is 5.84 Å². The Labute approximate surface area is 111 Å². The van der Waals surface area contributed by atoms with Gasteiger partial charge in [-0.1, -0.05) is 0 Å². The summed E-state index contributed by atoms with van der Waals surface area (Å²) < 4.78 is 0.589. The number of hydrazine groups is 1. The lowest BCUT2D eigenvalue weighted by Gasteiger charge is -2.07. The van der Waals surface area contributed by atoms with E-state index in [1.54, 1.807) is 6.07 Å². The van der Waals surface area contributed by atoms with Crippen LogP contribution < -0.4 is 16.6 Å². The first-order valence-corrected chi connectivity index (χ1v) is 5.69. The molecule has 92 valence electrons. The highest BCUT2D eigenvalue weighted by Gasteiger charge is 2.11. The number of nitrogens with zero attached hydrogens (tertiary/aromatic N) is 3.